The predicted molar refractivity (Wildman–Crippen MR) is 113 cm³/mol. The third-order valence-corrected chi connectivity index (χ3v) is 6.69. The van der Waals surface area contributed by atoms with Gasteiger partial charge in [-0.25, -0.2) is 4.98 Å². The number of methoxy groups -OCH3 is 1. The van der Waals surface area contributed by atoms with Crippen molar-refractivity contribution in [3.8, 4) is 5.75 Å². The summed E-state index contributed by atoms with van der Waals surface area (Å²) in [5.74, 6) is -0.664. The second-order valence-electron chi connectivity index (χ2n) is 6.49. The van der Waals surface area contributed by atoms with Gasteiger partial charge in [-0.05, 0) is 41.8 Å². The lowest BCUT2D eigenvalue weighted by molar-refractivity contribution is -0.117. The summed E-state index contributed by atoms with van der Waals surface area (Å²) in [5.41, 5.74) is 0.661. The molecule has 0 radical (unpaired) electrons. The van der Waals surface area contributed by atoms with Crippen LogP contribution in [0.15, 0.2) is 69.9 Å². The first kappa shape index (κ1) is 18.6. The molecule has 7 nitrogen and oxygen atoms in total. The first-order valence-electron chi connectivity index (χ1n) is 8.91. The number of carbonyl (C=O) groups is 2. The van der Waals surface area contributed by atoms with Gasteiger partial charge in [0.15, 0.2) is 10.9 Å². The molecule has 1 amide bonds. The van der Waals surface area contributed by atoms with E-state index in [0.717, 1.165) is 4.70 Å². The fraction of sp³-hybridized carbons (Fsp3) is 0.0952. The molecular formula is C21H14N2O5S2. The number of ketones is 1. The van der Waals surface area contributed by atoms with Crippen LogP contribution in [-0.4, -0.2) is 28.9 Å². The Morgan fingerprint density at radius 2 is 2.13 bits per heavy atom. The number of anilines is 1. The fourth-order valence-corrected chi connectivity index (χ4v) is 5.11. The van der Waals surface area contributed by atoms with Crippen LogP contribution in [0.25, 0.3) is 10.2 Å². The quantitative estimate of drug-likeness (QED) is 0.452. The van der Waals surface area contributed by atoms with Crippen LogP contribution in [0.5, 0.6) is 5.75 Å². The summed E-state index contributed by atoms with van der Waals surface area (Å²) < 4.78 is 11.6. The van der Waals surface area contributed by atoms with E-state index in [1.54, 1.807) is 48.9 Å². The highest BCUT2D eigenvalue weighted by molar-refractivity contribution is 7.22. The largest absolute Gasteiger partial charge is 0.503 e. The van der Waals surface area contributed by atoms with Crippen molar-refractivity contribution in [1.82, 2.24) is 4.98 Å². The molecule has 1 aromatic carbocycles. The molecule has 4 aromatic rings. The number of nitrogens with zero attached hydrogens (tertiary/aromatic N) is 2. The van der Waals surface area contributed by atoms with Gasteiger partial charge in [-0.1, -0.05) is 17.4 Å². The summed E-state index contributed by atoms with van der Waals surface area (Å²) in [5, 5.41) is 12.8. The lowest BCUT2D eigenvalue weighted by Gasteiger charge is -2.21. The predicted octanol–water partition coefficient (Wildman–Crippen LogP) is 4.74. The number of hydrogen-bond donors (Lipinski definition) is 1. The van der Waals surface area contributed by atoms with Gasteiger partial charge >= 0.3 is 0 Å². The second kappa shape index (κ2) is 7.12. The maximum absolute atomic E-state index is 13.1. The zero-order valence-corrected chi connectivity index (χ0v) is 17.2. The Balaban J connectivity index is 1.65. The minimum absolute atomic E-state index is 0.0192. The van der Waals surface area contributed by atoms with Gasteiger partial charge in [0.05, 0.1) is 34.0 Å². The third kappa shape index (κ3) is 2.82. The molecule has 0 aliphatic carbocycles. The lowest BCUT2D eigenvalue weighted by atomic mass is 10.0. The molecule has 1 atom stereocenters. The number of amides is 1. The van der Waals surface area contributed by atoms with Crippen molar-refractivity contribution in [1.29, 1.82) is 0 Å². The summed E-state index contributed by atoms with van der Waals surface area (Å²) in [6.07, 6.45) is 1.46. The number of rotatable bonds is 5. The van der Waals surface area contributed by atoms with Gasteiger partial charge in [0.25, 0.3) is 5.91 Å². The minimum Gasteiger partial charge on any atom is -0.503 e. The number of aliphatic hydroxyl groups excluding tert-OH is 1. The highest BCUT2D eigenvalue weighted by atomic mass is 32.1. The molecule has 0 spiro atoms. The number of aliphatic hydroxyl groups is 1. The Kier molecular flexibility index (Phi) is 4.41. The van der Waals surface area contributed by atoms with Gasteiger partial charge in [-0.15, -0.1) is 11.3 Å². The number of carbonyl (C=O) groups excluding carboxylic acids is 2. The molecule has 3 aromatic heterocycles. The summed E-state index contributed by atoms with van der Waals surface area (Å²) in [6.45, 7) is 0. The van der Waals surface area contributed by atoms with E-state index in [1.807, 2.05) is 6.07 Å². The normalized spacial score (nSPS) is 16.6. The fourth-order valence-electron chi connectivity index (χ4n) is 3.41. The minimum atomic E-state index is -0.912. The van der Waals surface area contributed by atoms with E-state index in [4.69, 9.17) is 9.15 Å². The molecule has 0 bridgehead atoms. The summed E-state index contributed by atoms with van der Waals surface area (Å²) in [6, 6.07) is 11.2. The standard InChI is InChI=1S/C21H14N2O5S2/c1-27-11-6-7-12-15(10-11)30-21(22-12)23-17(13-4-2-8-28-13)16(19(25)20(23)26)18(24)14-5-3-9-29-14/h2-10,17,25H,1H3. The summed E-state index contributed by atoms with van der Waals surface area (Å²) in [7, 11) is 1.57. The number of furan rings is 1. The van der Waals surface area contributed by atoms with Gasteiger partial charge in [-0.3, -0.25) is 14.5 Å². The number of ether oxygens (including phenoxy) is 1. The molecule has 0 fully saturated rings. The van der Waals surface area contributed by atoms with E-state index in [2.05, 4.69) is 4.98 Å². The number of benzene rings is 1. The highest BCUT2D eigenvalue weighted by Gasteiger charge is 2.47. The zero-order chi connectivity index (χ0) is 20.8. The molecule has 1 aliphatic heterocycles. The average Bonchev–Trinajstić information content (AvgIpc) is 3.54. The Morgan fingerprint density at radius 3 is 2.83 bits per heavy atom. The molecule has 30 heavy (non-hydrogen) atoms. The Labute approximate surface area is 178 Å². The lowest BCUT2D eigenvalue weighted by Crippen LogP contribution is -2.30. The maximum atomic E-state index is 13.1. The van der Waals surface area contributed by atoms with Gasteiger partial charge in [0, 0.05) is 0 Å². The van der Waals surface area contributed by atoms with Crippen molar-refractivity contribution in [2.45, 2.75) is 6.04 Å². The van der Waals surface area contributed by atoms with Crippen LogP contribution in [-0.2, 0) is 4.79 Å². The second-order valence-corrected chi connectivity index (χ2v) is 8.45. The van der Waals surface area contributed by atoms with Crippen LogP contribution in [0.4, 0.5) is 5.13 Å². The Hall–Kier alpha value is -3.43. The molecule has 1 unspecified atom stereocenters. The summed E-state index contributed by atoms with van der Waals surface area (Å²) in [4.78, 5) is 32.5. The van der Waals surface area contributed by atoms with Crippen molar-refractivity contribution in [2.75, 3.05) is 12.0 Å². The van der Waals surface area contributed by atoms with Gasteiger partial charge < -0.3 is 14.3 Å². The molecule has 4 heterocycles. The monoisotopic (exact) mass is 438 g/mol. The van der Waals surface area contributed by atoms with Gasteiger partial charge in [0.2, 0.25) is 5.78 Å². The molecule has 150 valence electrons. The number of aromatic nitrogens is 1. The van der Waals surface area contributed by atoms with Gasteiger partial charge in [-0.2, -0.15) is 0 Å². The van der Waals surface area contributed by atoms with Crippen molar-refractivity contribution >= 4 is 49.7 Å². The molecule has 0 saturated heterocycles. The topological polar surface area (TPSA) is 92.9 Å². The van der Waals surface area contributed by atoms with Crippen LogP contribution < -0.4 is 9.64 Å². The van der Waals surface area contributed by atoms with Crippen molar-refractivity contribution < 1.29 is 23.8 Å². The van der Waals surface area contributed by atoms with Crippen molar-refractivity contribution in [3.63, 3.8) is 0 Å². The van der Waals surface area contributed by atoms with Crippen molar-refractivity contribution in [3.05, 3.63) is 76.1 Å². The first-order chi connectivity index (χ1) is 14.6. The van der Waals surface area contributed by atoms with E-state index in [0.29, 0.717) is 27.0 Å². The number of thiophene rings is 1. The summed E-state index contributed by atoms with van der Waals surface area (Å²) >= 11 is 2.51. The number of Topliss-reactive ketones (excluding diaryl/α,β-unsaturated/α-hetero) is 1. The van der Waals surface area contributed by atoms with Crippen LogP contribution in [0, 0.1) is 0 Å². The average molecular weight is 438 g/mol. The van der Waals surface area contributed by atoms with E-state index in [-0.39, 0.29) is 5.57 Å². The van der Waals surface area contributed by atoms with E-state index < -0.39 is 23.5 Å². The Bertz CT molecular complexity index is 1290. The first-order valence-corrected chi connectivity index (χ1v) is 10.6. The van der Waals surface area contributed by atoms with Crippen LogP contribution in [0.1, 0.15) is 21.5 Å². The molecule has 1 N–H and O–H groups in total. The van der Waals surface area contributed by atoms with Crippen LogP contribution in [0.2, 0.25) is 0 Å². The molecule has 9 heteroatoms. The van der Waals surface area contributed by atoms with Crippen LogP contribution >= 0.6 is 22.7 Å². The van der Waals surface area contributed by atoms with E-state index >= 15 is 0 Å². The SMILES string of the molecule is COc1ccc2nc(N3C(=O)C(O)=C(C(=O)c4cccs4)C3c3ccco3)sc2c1. The zero-order valence-electron chi connectivity index (χ0n) is 15.6. The molecule has 0 saturated carbocycles. The molecule has 5 rings (SSSR count). The van der Waals surface area contributed by atoms with Crippen molar-refractivity contribution in [2.24, 2.45) is 0 Å². The molecule has 1 aliphatic rings. The Morgan fingerprint density at radius 1 is 1.27 bits per heavy atom. The third-order valence-electron chi connectivity index (χ3n) is 4.80. The van der Waals surface area contributed by atoms with E-state index in [9.17, 15) is 14.7 Å². The number of fused-ring (bicyclic) bond motifs is 1. The van der Waals surface area contributed by atoms with Gasteiger partial charge in [0.1, 0.15) is 17.6 Å². The highest BCUT2D eigenvalue weighted by Crippen LogP contribution is 2.44. The van der Waals surface area contributed by atoms with Crippen LogP contribution in [0.3, 0.4) is 0 Å². The molecular weight excluding hydrogens is 424 g/mol. The number of hydrogen-bond acceptors (Lipinski definition) is 8. The smallest absolute Gasteiger partial charge is 0.296 e. The number of thiazole rings is 1. The van der Waals surface area contributed by atoms with E-state index in [1.165, 1.54) is 33.8 Å². The maximum Gasteiger partial charge on any atom is 0.296 e.